The number of phenols is 1. The van der Waals surface area contributed by atoms with Crippen LogP contribution < -0.4 is 0 Å². The lowest BCUT2D eigenvalue weighted by molar-refractivity contribution is 0.200. The summed E-state index contributed by atoms with van der Waals surface area (Å²) in [6.45, 7) is 0. The molecule has 0 saturated carbocycles. The zero-order valence-electron chi connectivity index (χ0n) is 6.48. The lowest BCUT2D eigenvalue weighted by Gasteiger charge is -2.00. The van der Waals surface area contributed by atoms with Crippen molar-refractivity contribution < 1.29 is 14.6 Å². The molecule has 0 aromatic heterocycles. The summed E-state index contributed by atoms with van der Waals surface area (Å²) in [6.07, 6.45) is 0. The zero-order chi connectivity index (χ0) is 8.97. The molecule has 64 valence electrons. The van der Waals surface area contributed by atoms with Crippen LogP contribution in [0.2, 0.25) is 0 Å². The average Bonchev–Trinajstić information content (AvgIpc) is 2.09. The molecule has 0 aliphatic rings. The van der Waals surface area contributed by atoms with Crippen LogP contribution in [0, 0.1) is 0 Å². The largest absolute Gasteiger partial charge is 0.507 e. The number of rotatable bonds is 1. The Bertz CT molecular complexity index is 285. The van der Waals surface area contributed by atoms with Gasteiger partial charge in [-0.05, 0) is 23.9 Å². The lowest BCUT2D eigenvalue weighted by atomic mass is 10.3. The Morgan fingerprint density at radius 3 is 2.75 bits per heavy atom. The topological polar surface area (TPSA) is 46.5 Å². The molecule has 12 heavy (non-hydrogen) atoms. The van der Waals surface area contributed by atoms with Gasteiger partial charge >= 0.3 is 5.30 Å². The van der Waals surface area contributed by atoms with Crippen LogP contribution in [-0.4, -0.2) is 17.5 Å². The average molecular weight is 184 g/mol. The van der Waals surface area contributed by atoms with Crippen molar-refractivity contribution in [3.8, 4) is 5.75 Å². The first-order valence-corrected chi connectivity index (χ1v) is 4.09. The number of aromatic hydroxyl groups is 1. The van der Waals surface area contributed by atoms with Crippen LogP contribution >= 0.6 is 11.8 Å². The SMILES string of the molecule is COC(=O)Sc1ccccc1O. The van der Waals surface area contributed by atoms with Gasteiger partial charge in [0.2, 0.25) is 0 Å². The number of phenolic OH excluding ortho intramolecular Hbond substituents is 1. The maximum atomic E-state index is 10.8. The molecule has 0 unspecified atom stereocenters. The molecule has 0 saturated heterocycles. The van der Waals surface area contributed by atoms with E-state index in [4.69, 9.17) is 0 Å². The molecular formula is C8H8O3S. The van der Waals surface area contributed by atoms with E-state index >= 15 is 0 Å². The number of hydrogen-bond acceptors (Lipinski definition) is 4. The monoisotopic (exact) mass is 184 g/mol. The van der Waals surface area contributed by atoms with Crippen LogP contribution in [-0.2, 0) is 4.74 Å². The molecule has 1 aromatic rings. The van der Waals surface area contributed by atoms with Crippen molar-refractivity contribution in [2.75, 3.05) is 7.11 Å². The quantitative estimate of drug-likeness (QED) is 0.537. The van der Waals surface area contributed by atoms with Crippen molar-refractivity contribution in [1.82, 2.24) is 0 Å². The molecule has 0 radical (unpaired) electrons. The standard InChI is InChI=1S/C8H8O3S/c1-11-8(10)12-7-5-3-2-4-6(7)9/h2-5,9H,1H3. The van der Waals surface area contributed by atoms with Gasteiger partial charge in [0, 0.05) is 0 Å². The summed E-state index contributed by atoms with van der Waals surface area (Å²) >= 11 is 0.859. The highest BCUT2D eigenvalue weighted by Crippen LogP contribution is 2.28. The van der Waals surface area contributed by atoms with Gasteiger partial charge in [0.25, 0.3) is 0 Å². The van der Waals surface area contributed by atoms with E-state index in [9.17, 15) is 9.90 Å². The first kappa shape index (κ1) is 8.93. The number of hydrogen-bond donors (Lipinski definition) is 1. The van der Waals surface area contributed by atoms with E-state index in [2.05, 4.69) is 4.74 Å². The Morgan fingerprint density at radius 1 is 1.50 bits per heavy atom. The van der Waals surface area contributed by atoms with Crippen molar-refractivity contribution in [3.05, 3.63) is 24.3 Å². The molecule has 0 aliphatic carbocycles. The van der Waals surface area contributed by atoms with Gasteiger partial charge in [0.15, 0.2) is 0 Å². The molecule has 1 N–H and O–H groups in total. The molecule has 1 aromatic carbocycles. The molecule has 0 fully saturated rings. The molecule has 0 bridgehead atoms. The predicted molar refractivity (Wildman–Crippen MR) is 46.4 cm³/mol. The highest BCUT2D eigenvalue weighted by atomic mass is 32.2. The summed E-state index contributed by atoms with van der Waals surface area (Å²) in [5, 5.41) is 8.79. The van der Waals surface area contributed by atoms with Crippen molar-refractivity contribution in [3.63, 3.8) is 0 Å². The van der Waals surface area contributed by atoms with Crippen LogP contribution in [0.1, 0.15) is 0 Å². The molecule has 3 nitrogen and oxygen atoms in total. The summed E-state index contributed by atoms with van der Waals surface area (Å²) in [6, 6.07) is 6.60. The molecule has 0 spiro atoms. The van der Waals surface area contributed by atoms with Crippen molar-refractivity contribution >= 4 is 17.1 Å². The first-order valence-electron chi connectivity index (χ1n) is 3.28. The third-order valence-electron chi connectivity index (χ3n) is 1.23. The van der Waals surface area contributed by atoms with Crippen LogP contribution in [0.5, 0.6) is 5.75 Å². The maximum Gasteiger partial charge on any atom is 0.372 e. The van der Waals surface area contributed by atoms with Gasteiger partial charge < -0.3 is 9.84 Å². The summed E-state index contributed by atoms with van der Waals surface area (Å²) in [5.74, 6) is 0.0906. The molecule has 0 aliphatic heterocycles. The Morgan fingerprint density at radius 2 is 2.17 bits per heavy atom. The van der Waals surface area contributed by atoms with Crippen molar-refractivity contribution in [2.24, 2.45) is 0 Å². The van der Waals surface area contributed by atoms with Crippen molar-refractivity contribution in [1.29, 1.82) is 0 Å². The third kappa shape index (κ3) is 2.17. The number of carbonyl (C=O) groups excluding carboxylic acids is 1. The number of ether oxygens (including phenoxy) is 1. The Hall–Kier alpha value is -1.16. The summed E-state index contributed by atoms with van der Waals surface area (Å²) in [5.41, 5.74) is 0. The van der Waals surface area contributed by atoms with E-state index < -0.39 is 5.30 Å². The summed E-state index contributed by atoms with van der Waals surface area (Å²) < 4.78 is 4.42. The summed E-state index contributed by atoms with van der Waals surface area (Å²) in [7, 11) is 1.30. The highest BCUT2D eigenvalue weighted by molar-refractivity contribution is 8.13. The lowest BCUT2D eigenvalue weighted by Crippen LogP contribution is -1.89. The number of methoxy groups -OCH3 is 1. The van der Waals surface area contributed by atoms with Gasteiger partial charge in [-0.2, -0.15) is 0 Å². The number of carbonyl (C=O) groups is 1. The van der Waals surface area contributed by atoms with E-state index in [1.807, 2.05) is 0 Å². The van der Waals surface area contributed by atoms with Gasteiger partial charge in [-0.3, -0.25) is 0 Å². The smallest absolute Gasteiger partial charge is 0.372 e. The fourth-order valence-corrected chi connectivity index (χ4v) is 1.26. The predicted octanol–water partition coefficient (Wildman–Crippen LogP) is 2.25. The maximum absolute atomic E-state index is 10.8. The van der Waals surface area contributed by atoms with Gasteiger partial charge in [0.1, 0.15) is 5.75 Å². The summed E-state index contributed by atoms with van der Waals surface area (Å²) in [4.78, 5) is 11.3. The minimum Gasteiger partial charge on any atom is -0.507 e. The normalized spacial score (nSPS) is 9.42. The second-order valence-electron chi connectivity index (χ2n) is 2.02. The highest BCUT2D eigenvalue weighted by Gasteiger charge is 2.06. The van der Waals surface area contributed by atoms with Gasteiger partial charge in [-0.1, -0.05) is 12.1 Å². The zero-order valence-corrected chi connectivity index (χ0v) is 7.30. The van der Waals surface area contributed by atoms with Crippen LogP contribution in [0.15, 0.2) is 29.2 Å². The molecule has 0 amide bonds. The minimum atomic E-state index is -0.434. The van der Waals surface area contributed by atoms with Crippen LogP contribution in [0.25, 0.3) is 0 Å². The minimum absolute atomic E-state index is 0.0906. The Kier molecular flexibility index (Phi) is 2.99. The number of para-hydroxylation sites is 1. The fourth-order valence-electron chi connectivity index (χ4n) is 0.675. The van der Waals surface area contributed by atoms with Gasteiger partial charge in [-0.15, -0.1) is 0 Å². The Labute approximate surface area is 74.4 Å². The number of thioether (sulfide) groups is 1. The van der Waals surface area contributed by atoms with E-state index in [1.165, 1.54) is 13.2 Å². The second kappa shape index (κ2) is 4.01. The van der Waals surface area contributed by atoms with Crippen LogP contribution in [0.3, 0.4) is 0 Å². The van der Waals surface area contributed by atoms with E-state index in [-0.39, 0.29) is 5.75 Å². The van der Waals surface area contributed by atoms with E-state index in [0.717, 1.165) is 11.8 Å². The fraction of sp³-hybridized carbons (Fsp3) is 0.125. The molecule has 4 heteroatoms. The van der Waals surface area contributed by atoms with E-state index in [0.29, 0.717) is 4.90 Å². The number of benzene rings is 1. The second-order valence-corrected chi connectivity index (χ2v) is 3.00. The molecule has 0 atom stereocenters. The van der Waals surface area contributed by atoms with Crippen molar-refractivity contribution in [2.45, 2.75) is 4.90 Å². The molecule has 1 rings (SSSR count). The third-order valence-corrected chi connectivity index (χ3v) is 2.12. The Balaban J connectivity index is 2.75. The molecule has 0 heterocycles. The van der Waals surface area contributed by atoms with Gasteiger partial charge in [-0.25, -0.2) is 4.79 Å². The van der Waals surface area contributed by atoms with Gasteiger partial charge in [0.05, 0.1) is 12.0 Å². The first-order chi connectivity index (χ1) is 5.74. The van der Waals surface area contributed by atoms with E-state index in [1.54, 1.807) is 18.2 Å². The molecular weight excluding hydrogens is 176 g/mol. The van der Waals surface area contributed by atoms with Crippen LogP contribution in [0.4, 0.5) is 4.79 Å².